The van der Waals surface area contributed by atoms with Crippen LogP contribution in [0.5, 0.6) is 5.75 Å². The SMILES string of the molecule is C=CCN1CCC2(CC1)CC(NC(=O)[C@H]1CCCO1)c1ccccc1O2. The lowest BCUT2D eigenvalue weighted by molar-refractivity contribution is -0.131. The standard InChI is InChI=1S/C21H28N2O3/c1-2-11-23-12-9-21(10-13-23)15-17(16-6-3-4-7-18(16)26-21)22-20(24)19-8-5-14-25-19/h2-4,6-7,17,19H,1,5,8-15H2,(H,22,24)/t17?,19-/m1/s1. The number of para-hydroxylation sites is 1. The lowest BCUT2D eigenvalue weighted by Gasteiger charge is -2.47. The second kappa shape index (κ2) is 7.41. The summed E-state index contributed by atoms with van der Waals surface area (Å²) in [6.45, 7) is 7.45. The smallest absolute Gasteiger partial charge is 0.249 e. The van der Waals surface area contributed by atoms with Gasteiger partial charge in [-0.15, -0.1) is 6.58 Å². The quantitative estimate of drug-likeness (QED) is 0.843. The molecule has 3 aliphatic heterocycles. The molecule has 0 aromatic heterocycles. The van der Waals surface area contributed by atoms with Gasteiger partial charge >= 0.3 is 0 Å². The summed E-state index contributed by atoms with van der Waals surface area (Å²) in [4.78, 5) is 15.0. The first kappa shape index (κ1) is 17.6. The van der Waals surface area contributed by atoms with Crippen LogP contribution in [0, 0.1) is 0 Å². The molecule has 0 saturated carbocycles. The number of carbonyl (C=O) groups is 1. The summed E-state index contributed by atoms with van der Waals surface area (Å²) in [5.74, 6) is 0.928. The van der Waals surface area contributed by atoms with E-state index in [0.717, 1.165) is 63.1 Å². The molecule has 1 N–H and O–H groups in total. The normalized spacial score (nSPS) is 27.5. The third-order valence-corrected chi connectivity index (χ3v) is 5.89. The number of nitrogens with zero attached hydrogens (tertiary/aromatic N) is 1. The highest BCUT2D eigenvalue weighted by molar-refractivity contribution is 5.81. The van der Waals surface area contributed by atoms with Crippen LogP contribution in [0.1, 0.15) is 43.7 Å². The van der Waals surface area contributed by atoms with Crippen LogP contribution >= 0.6 is 0 Å². The first-order valence-electron chi connectivity index (χ1n) is 9.72. The van der Waals surface area contributed by atoms with Crippen molar-refractivity contribution in [2.75, 3.05) is 26.2 Å². The van der Waals surface area contributed by atoms with Gasteiger partial charge in [-0.05, 0) is 31.7 Å². The molecule has 1 aromatic rings. The second-order valence-electron chi connectivity index (χ2n) is 7.68. The summed E-state index contributed by atoms with van der Waals surface area (Å²) in [5, 5.41) is 3.25. The van der Waals surface area contributed by atoms with E-state index in [1.807, 2.05) is 24.3 Å². The van der Waals surface area contributed by atoms with Gasteiger partial charge in [-0.3, -0.25) is 9.69 Å². The number of hydrogen-bond donors (Lipinski definition) is 1. The summed E-state index contributed by atoms with van der Waals surface area (Å²) < 4.78 is 12.1. The van der Waals surface area contributed by atoms with Gasteiger partial charge in [0, 0.05) is 38.2 Å². The molecular formula is C21H28N2O3. The summed E-state index contributed by atoms with van der Waals surface area (Å²) in [5.41, 5.74) is 0.888. The molecule has 1 amide bonds. The molecule has 3 aliphatic rings. The predicted molar refractivity (Wildman–Crippen MR) is 100 cm³/mol. The fraction of sp³-hybridized carbons (Fsp3) is 0.571. The zero-order chi connectivity index (χ0) is 18.0. The largest absolute Gasteiger partial charge is 0.487 e. The van der Waals surface area contributed by atoms with Gasteiger partial charge in [-0.25, -0.2) is 0 Å². The number of rotatable bonds is 4. The van der Waals surface area contributed by atoms with E-state index >= 15 is 0 Å². The molecule has 2 fully saturated rings. The monoisotopic (exact) mass is 356 g/mol. The highest BCUT2D eigenvalue weighted by atomic mass is 16.5. The van der Waals surface area contributed by atoms with Crippen molar-refractivity contribution in [2.45, 2.75) is 49.9 Å². The van der Waals surface area contributed by atoms with Crippen molar-refractivity contribution >= 4 is 5.91 Å². The molecule has 26 heavy (non-hydrogen) atoms. The minimum atomic E-state index is -0.296. The molecule has 4 rings (SSSR count). The molecule has 1 aromatic carbocycles. The second-order valence-corrected chi connectivity index (χ2v) is 7.68. The molecule has 140 valence electrons. The van der Waals surface area contributed by atoms with E-state index in [2.05, 4.69) is 22.9 Å². The van der Waals surface area contributed by atoms with Crippen molar-refractivity contribution in [2.24, 2.45) is 0 Å². The zero-order valence-electron chi connectivity index (χ0n) is 15.3. The van der Waals surface area contributed by atoms with Crippen LogP contribution in [0.15, 0.2) is 36.9 Å². The van der Waals surface area contributed by atoms with E-state index in [1.165, 1.54) is 0 Å². The lowest BCUT2D eigenvalue weighted by Crippen LogP contribution is -2.52. The average molecular weight is 356 g/mol. The van der Waals surface area contributed by atoms with Gasteiger partial charge in [-0.2, -0.15) is 0 Å². The first-order valence-corrected chi connectivity index (χ1v) is 9.72. The number of amides is 1. The highest BCUT2D eigenvalue weighted by Gasteiger charge is 2.44. The zero-order valence-corrected chi connectivity index (χ0v) is 15.3. The first-order chi connectivity index (χ1) is 12.7. The molecule has 0 aliphatic carbocycles. The Kier molecular flexibility index (Phi) is 5.00. The Morgan fingerprint density at radius 3 is 2.88 bits per heavy atom. The molecule has 2 atom stereocenters. The van der Waals surface area contributed by atoms with Gasteiger partial charge in [0.1, 0.15) is 17.5 Å². The van der Waals surface area contributed by atoms with Crippen LogP contribution in [0.4, 0.5) is 0 Å². The van der Waals surface area contributed by atoms with Crippen molar-refractivity contribution in [1.29, 1.82) is 0 Å². The topological polar surface area (TPSA) is 50.8 Å². The van der Waals surface area contributed by atoms with Crippen LogP contribution in [0.3, 0.4) is 0 Å². The highest BCUT2D eigenvalue weighted by Crippen LogP contribution is 2.44. The Hall–Kier alpha value is -1.85. The number of carbonyl (C=O) groups excluding carboxylic acids is 1. The fourth-order valence-corrected chi connectivity index (χ4v) is 4.43. The van der Waals surface area contributed by atoms with Crippen LogP contribution < -0.4 is 10.1 Å². The van der Waals surface area contributed by atoms with E-state index in [9.17, 15) is 4.79 Å². The van der Waals surface area contributed by atoms with Gasteiger partial charge in [0.25, 0.3) is 0 Å². The molecule has 0 radical (unpaired) electrons. The summed E-state index contributed by atoms with van der Waals surface area (Å²) in [7, 11) is 0. The number of nitrogens with one attached hydrogen (secondary N) is 1. The average Bonchev–Trinajstić information content (AvgIpc) is 3.19. The molecule has 5 nitrogen and oxygen atoms in total. The van der Waals surface area contributed by atoms with Crippen molar-refractivity contribution in [3.8, 4) is 5.75 Å². The summed E-state index contributed by atoms with van der Waals surface area (Å²) in [6.07, 6.45) is 6.21. The van der Waals surface area contributed by atoms with Crippen LogP contribution in [0.25, 0.3) is 0 Å². The maximum Gasteiger partial charge on any atom is 0.249 e. The Morgan fingerprint density at radius 1 is 1.35 bits per heavy atom. The maximum absolute atomic E-state index is 12.6. The Labute approximate surface area is 155 Å². The number of fused-ring (bicyclic) bond motifs is 1. The molecule has 0 bridgehead atoms. The molecular weight excluding hydrogens is 328 g/mol. The number of ether oxygens (including phenoxy) is 2. The van der Waals surface area contributed by atoms with Gasteiger partial charge in [0.05, 0.1) is 6.04 Å². The van der Waals surface area contributed by atoms with Crippen molar-refractivity contribution < 1.29 is 14.3 Å². The van der Waals surface area contributed by atoms with Crippen molar-refractivity contribution in [3.05, 3.63) is 42.5 Å². The molecule has 2 saturated heterocycles. The molecule has 3 heterocycles. The number of benzene rings is 1. The predicted octanol–water partition coefficient (Wildman–Crippen LogP) is 2.83. The van der Waals surface area contributed by atoms with E-state index in [-0.39, 0.29) is 23.7 Å². The Balaban J connectivity index is 1.51. The van der Waals surface area contributed by atoms with E-state index in [0.29, 0.717) is 6.61 Å². The lowest BCUT2D eigenvalue weighted by atomic mass is 9.80. The number of hydrogen-bond acceptors (Lipinski definition) is 4. The summed E-state index contributed by atoms with van der Waals surface area (Å²) in [6, 6.07) is 8.09. The maximum atomic E-state index is 12.6. The van der Waals surface area contributed by atoms with Gasteiger partial charge in [0.15, 0.2) is 0 Å². The minimum Gasteiger partial charge on any atom is -0.487 e. The fourth-order valence-electron chi connectivity index (χ4n) is 4.43. The van der Waals surface area contributed by atoms with E-state index in [4.69, 9.17) is 9.47 Å². The summed E-state index contributed by atoms with van der Waals surface area (Å²) >= 11 is 0. The molecule has 1 unspecified atom stereocenters. The van der Waals surface area contributed by atoms with Crippen molar-refractivity contribution in [1.82, 2.24) is 10.2 Å². The number of piperidine rings is 1. The van der Waals surface area contributed by atoms with Crippen LogP contribution in [-0.2, 0) is 9.53 Å². The minimum absolute atomic E-state index is 0.0115. The third-order valence-electron chi connectivity index (χ3n) is 5.89. The van der Waals surface area contributed by atoms with E-state index in [1.54, 1.807) is 0 Å². The van der Waals surface area contributed by atoms with Gasteiger partial charge in [0.2, 0.25) is 5.91 Å². The van der Waals surface area contributed by atoms with E-state index < -0.39 is 0 Å². The van der Waals surface area contributed by atoms with Crippen LogP contribution in [0.2, 0.25) is 0 Å². The molecule has 1 spiro atoms. The van der Waals surface area contributed by atoms with Crippen LogP contribution in [-0.4, -0.2) is 48.8 Å². The van der Waals surface area contributed by atoms with Crippen molar-refractivity contribution in [3.63, 3.8) is 0 Å². The third kappa shape index (κ3) is 3.51. The molecule has 5 heteroatoms. The van der Waals surface area contributed by atoms with Gasteiger partial charge < -0.3 is 14.8 Å². The Bertz CT molecular complexity index is 661. The Morgan fingerprint density at radius 2 is 2.15 bits per heavy atom. The number of likely N-dealkylation sites (tertiary alicyclic amines) is 1. The van der Waals surface area contributed by atoms with Gasteiger partial charge in [-0.1, -0.05) is 24.3 Å².